The molecule has 0 fully saturated rings. The van der Waals surface area contributed by atoms with Crippen molar-refractivity contribution in [3.63, 3.8) is 0 Å². The van der Waals surface area contributed by atoms with Gasteiger partial charge in [-0.25, -0.2) is 4.79 Å². The van der Waals surface area contributed by atoms with Gasteiger partial charge in [0.15, 0.2) is 6.61 Å². The number of hydrogen-bond donors (Lipinski definition) is 2. The van der Waals surface area contributed by atoms with Crippen molar-refractivity contribution >= 4 is 27.8 Å². The molecular weight excluding hydrogens is 350 g/mol. The summed E-state index contributed by atoms with van der Waals surface area (Å²) >= 11 is 3.35. The molecule has 1 aromatic heterocycles. The Morgan fingerprint density at radius 2 is 2.09 bits per heavy atom. The molecule has 114 valence electrons. The van der Waals surface area contributed by atoms with E-state index in [1.807, 2.05) is 24.3 Å². The van der Waals surface area contributed by atoms with Gasteiger partial charge in [-0.05, 0) is 18.2 Å². The van der Waals surface area contributed by atoms with Gasteiger partial charge in [0.1, 0.15) is 5.69 Å². The van der Waals surface area contributed by atoms with Crippen LogP contribution in [-0.4, -0.2) is 35.2 Å². The molecule has 0 saturated heterocycles. The lowest BCUT2D eigenvalue weighted by atomic mass is 10.1. The van der Waals surface area contributed by atoms with Crippen molar-refractivity contribution in [3.05, 3.63) is 53.2 Å². The Hall–Kier alpha value is -2.41. The Balaban J connectivity index is 1.96. The van der Waals surface area contributed by atoms with E-state index in [1.165, 1.54) is 0 Å². The van der Waals surface area contributed by atoms with E-state index in [-0.39, 0.29) is 18.2 Å². The van der Waals surface area contributed by atoms with Gasteiger partial charge in [-0.2, -0.15) is 5.10 Å². The van der Waals surface area contributed by atoms with E-state index in [1.54, 1.807) is 12.1 Å². The fourth-order valence-electron chi connectivity index (χ4n) is 1.64. The van der Waals surface area contributed by atoms with Crippen LogP contribution in [0.1, 0.15) is 10.5 Å². The zero-order valence-electron chi connectivity index (χ0n) is 11.6. The summed E-state index contributed by atoms with van der Waals surface area (Å²) in [6.45, 7) is 3.45. The fraction of sp³-hybridized carbons (Fsp3) is 0.133. The maximum atomic E-state index is 11.8. The lowest BCUT2D eigenvalue weighted by Gasteiger charge is -2.03. The Morgan fingerprint density at radius 3 is 2.77 bits per heavy atom. The number of halogens is 1. The molecule has 0 aliphatic heterocycles. The number of benzene rings is 1. The van der Waals surface area contributed by atoms with E-state index < -0.39 is 5.97 Å². The first kappa shape index (κ1) is 16.0. The van der Waals surface area contributed by atoms with Crippen LogP contribution in [0.15, 0.2) is 47.5 Å². The van der Waals surface area contributed by atoms with Gasteiger partial charge < -0.3 is 10.1 Å². The summed E-state index contributed by atoms with van der Waals surface area (Å²) in [6.07, 6.45) is 1.54. The van der Waals surface area contributed by atoms with Gasteiger partial charge in [-0.1, -0.05) is 34.1 Å². The molecule has 1 amide bonds. The van der Waals surface area contributed by atoms with Crippen molar-refractivity contribution in [2.75, 3.05) is 13.2 Å². The number of rotatable bonds is 6. The van der Waals surface area contributed by atoms with Gasteiger partial charge in [-0.3, -0.25) is 9.89 Å². The minimum absolute atomic E-state index is 0.189. The van der Waals surface area contributed by atoms with Crippen LogP contribution in [0.2, 0.25) is 0 Å². The average molecular weight is 364 g/mol. The number of nitrogens with zero attached hydrogens (tertiary/aromatic N) is 1. The fourth-order valence-corrected chi connectivity index (χ4v) is 1.91. The van der Waals surface area contributed by atoms with Gasteiger partial charge in [-0.15, -0.1) is 6.58 Å². The minimum atomic E-state index is -0.635. The molecule has 0 unspecified atom stereocenters. The van der Waals surface area contributed by atoms with Gasteiger partial charge in [0.25, 0.3) is 5.91 Å². The highest BCUT2D eigenvalue weighted by Gasteiger charge is 2.13. The summed E-state index contributed by atoms with van der Waals surface area (Å²) in [5.74, 6) is -1.02. The van der Waals surface area contributed by atoms with E-state index >= 15 is 0 Å². The number of amides is 1. The van der Waals surface area contributed by atoms with Crippen LogP contribution < -0.4 is 5.32 Å². The molecule has 0 saturated carbocycles. The highest BCUT2D eigenvalue weighted by molar-refractivity contribution is 9.10. The van der Waals surface area contributed by atoms with Crippen molar-refractivity contribution < 1.29 is 14.3 Å². The number of carbonyl (C=O) groups is 2. The summed E-state index contributed by atoms with van der Waals surface area (Å²) in [5, 5.41) is 9.17. The molecule has 6 nitrogen and oxygen atoms in total. The number of nitrogens with one attached hydrogen (secondary N) is 2. The Kier molecular flexibility index (Phi) is 5.48. The number of aromatic amines is 1. The van der Waals surface area contributed by atoms with E-state index in [0.717, 1.165) is 10.0 Å². The van der Waals surface area contributed by atoms with Crippen molar-refractivity contribution in [1.82, 2.24) is 15.5 Å². The molecule has 7 heteroatoms. The van der Waals surface area contributed by atoms with Crippen LogP contribution in [-0.2, 0) is 9.53 Å². The molecule has 0 aliphatic rings. The monoisotopic (exact) mass is 363 g/mol. The first-order chi connectivity index (χ1) is 10.6. The molecule has 0 bridgehead atoms. The topological polar surface area (TPSA) is 84.1 Å². The second kappa shape index (κ2) is 7.56. The van der Waals surface area contributed by atoms with Crippen molar-refractivity contribution in [3.8, 4) is 11.3 Å². The zero-order chi connectivity index (χ0) is 15.9. The Morgan fingerprint density at radius 1 is 1.36 bits per heavy atom. The summed E-state index contributed by atoms with van der Waals surface area (Å²) in [6, 6.07) is 9.08. The largest absolute Gasteiger partial charge is 0.451 e. The van der Waals surface area contributed by atoms with Crippen LogP contribution in [0.25, 0.3) is 11.3 Å². The normalized spacial score (nSPS) is 10.0. The smallest absolute Gasteiger partial charge is 0.356 e. The van der Waals surface area contributed by atoms with Crippen LogP contribution in [0.5, 0.6) is 0 Å². The van der Waals surface area contributed by atoms with Gasteiger partial charge in [0.05, 0.1) is 5.69 Å². The molecule has 2 aromatic rings. The molecular formula is C15H14BrN3O3. The minimum Gasteiger partial charge on any atom is -0.451 e. The Labute approximate surface area is 135 Å². The van der Waals surface area contributed by atoms with Crippen LogP contribution in [0, 0.1) is 0 Å². The third-order valence-electron chi connectivity index (χ3n) is 2.72. The highest BCUT2D eigenvalue weighted by atomic mass is 79.9. The Bertz CT molecular complexity index is 680. The first-order valence-electron chi connectivity index (χ1n) is 6.46. The maximum absolute atomic E-state index is 11.8. The number of ether oxygens (including phenoxy) is 1. The molecule has 22 heavy (non-hydrogen) atoms. The number of esters is 1. The van der Waals surface area contributed by atoms with E-state index in [0.29, 0.717) is 12.2 Å². The van der Waals surface area contributed by atoms with Crippen LogP contribution >= 0.6 is 15.9 Å². The molecule has 0 atom stereocenters. The lowest BCUT2D eigenvalue weighted by molar-refractivity contribution is -0.124. The maximum Gasteiger partial charge on any atom is 0.356 e. The van der Waals surface area contributed by atoms with Gasteiger partial charge in [0.2, 0.25) is 0 Å². The number of H-pyrrole nitrogens is 1. The van der Waals surface area contributed by atoms with Crippen molar-refractivity contribution in [2.24, 2.45) is 0 Å². The predicted molar refractivity (Wildman–Crippen MR) is 85.2 cm³/mol. The summed E-state index contributed by atoms with van der Waals surface area (Å²) in [7, 11) is 0. The van der Waals surface area contributed by atoms with Crippen LogP contribution in [0.3, 0.4) is 0 Å². The van der Waals surface area contributed by atoms with Crippen molar-refractivity contribution in [2.45, 2.75) is 0 Å². The highest BCUT2D eigenvalue weighted by Crippen LogP contribution is 2.20. The third-order valence-corrected chi connectivity index (χ3v) is 3.24. The number of carbonyl (C=O) groups excluding carboxylic acids is 2. The quantitative estimate of drug-likeness (QED) is 0.609. The van der Waals surface area contributed by atoms with Gasteiger partial charge in [0, 0.05) is 16.6 Å². The van der Waals surface area contributed by atoms with Crippen molar-refractivity contribution in [1.29, 1.82) is 0 Å². The van der Waals surface area contributed by atoms with E-state index in [2.05, 4.69) is 38.0 Å². The lowest BCUT2D eigenvalue weighted by Crippen LogP contribution is -2.28. The molecule has 1 heterocycles. The molecule has 0 aliphatic carbocycles. The molecule has 0 radical (unpaired) electrons. The molecule has 0 spiro atoms. The summed E-state index contributed by atoms with van der Waals surface area (Å²) in [4.78, 5) is 23.2. The number of hydrogen-bond acceptors (Lipinski definition) is 4. The first-order valence-corrected chi connectivity index (χ1v) is 7.25. The molecule has 2 rings (SSSR count). The predicted octanol–water partition coefficient (Wildman–Crippen LogP) is 2.30. The molecule has 1 aromatic carbocycles. The molecule has 2 N–H and O–H groups in total. The zero-order valence-corrected chi connectivity index (χ0v) is 13.2. The third kappa shape index (κ3) is 4.29. The second-order valence-electron chi connectivity index (χ2n) is 4.34. The van der Waals surface area contributed by atoms with E-state index in [4.69, 9.17) is 4.74 Å². The SMILES string of the molecule is C=CCNC(=O)COC(=O)c1cc(-c2ccc(Br)cc2)n[nH]1. The van der Waals surface area contributed by atoms with Gasteiger partial charge >= 0.3 is 5.97 Å². The summed E-state index contributed by atoms with van der Waals surface area (Å²) in [5.41, 5.74) is 1.67. The summed E-state index contributed by atoms with van der Waals surface area (Å²) < 4.78 is 5.85. The number of aromatic nitrogens is 2. The standard InChI is InChI=1S/C15H14BrN3O3/c1-2-7-17-14(20)9-22-15(21)13-8-12(18-19-13)10-3-5-11(16)6-4-10/h2-6,8H,1,7,9H2,(H,17,20)(H,18,19). The second-order valence-corrected chi connectivity index (χ2v) is 5.26. The average Bonchev–Trinajstić information content (AvgIpc) is 3.01. The van der Waals surface area contributed by atoms with E-state index in [9.17, 15) is 9.59 Å². The van der Waals surface area contributed by atoms with Crippen LogP contribution in [0.4, 0.5) is 0 Å².